The molecule has 0 atom stereocenters. The largest absolute Gasteiger partial charge is 0.464 e. The second kappa shape index (κ2) is 3.23. The molecule has 0 aliphatic carbocycles. The first-order valence-corrected chi connectivity index (χ1v) is 4.12. The maximum atomic E-state index is 12.8. The van der Waals surface area contributed by atoms with E-state index in [2.05, 4.69) is 0 Å². The normalized spacial score (nSPS) is 10.7. The van der Waals surface area contributed by atoms with Crippen LogP contribution in [-0.4, -0.2) is 0 Å². The molecular weight excluding hydrogens is 185 g/mol. The van der Waals surface area contributed by atoms with E-state index in [1.807, 2.05) is 0 Å². The molecule has 72 valence electrons. The Bertz CT molecular complexity index is 533. The van der Waals surface area contributed by atoms with Crippen LogP contribution in [0, 0.1) is 5.82 Å². The Balaban J connectivity index is 2.87. The van der Waals surface area contributed by atoms with Crippen molar-refractivity contribution in [1.82, 2.24) is 0 Å². The van der Waals surface area contributed by atoms with Gasteiger partial charge in [0.1, 0.15) is 11.4 Å². The molecule has 0 bridgehead atoms. The van der Waals surface area contributed by atoms with Crippen LogP contribution < -0.4 is 11.2 Å². The molecule has 0 spiro atoms. The smallest absolute Gasteiger partial charge is 0.197 e. The number of rotatable bonds is 1. The van der Waals surface area contributed by atoms with Crippen LogP contribution in [0.2, 0.25) is 0 Å². The number of hydrogen-bond donors (Lipinski definition) is 1. The molecule has 0 aliphatic heterocycles. The molecule has 2 N–H and O–H groups in total. The van der Waals surface area contributed by atoms with Crippen LogP contribution in [0.1, 0.15) is 5.56 Å². The summed E-state index contributed by atoms with van der Waals surface area (Å²) in [7, 11) is 0. The topological polar surface area (TPSA) is 56.2 Å². The van der Waals surface area contributed by atoms with E-state index in [9.17, 15) is 9.18 Å². The van der Waals surface area contributed by atoms with Gasteiger partial charge in [-0.25, -0.2) is 4.39 Å². The highest BCUT2D eigenvalue weighted by Crippen LogP contribution is 2.12. The van der Waals surface area contributed by atoms with E-state index in [1.165, 1.54) is 18.4 Å². The van der Waals surface area contributed by atoms with Crippen molar-refractivity contribution >= 4 is 11.0 Å². The van der Waals surface area contributed by atoms with Gasteiger partial charge in [0.2, 0.25) is 0 Å². The Kier molecular flexibility index (Phi) is 2.05. The van der Waals surface area contributed by atoms with E-state index in [0.29, 0.717) is 11.1 Å². The first kappa shape index (κ1) is 8.90. The quantitative estimate of drug-likeness (QED) is 0.744. The van der Waals surface area contributed by atoms with E-state index in [-0.39, 0.29) is 17.4 Å². The highest BCUT2D eigenvalue weighted by molar-refractivity contribution is 5.76. The van der Waals surface area contributed by atoms with E-state index < -0.39 is 5.82 Å². The molecule has 1 heterocycles. The summed E-state index contributed by atoms with van der Waals surface area (Å²) in [6, 6.07) is 3.82. The van der Waals surface area contributed by atoms with Crippen LogP contribution in [0.4, 0.5) is 4.39 Å². The molecule has 0 amide bonds. The van der Waals surface area contributed by atoms with Crippen LogP contribution in [0.3, 0.4) is 0 Å². The van der Waals surface area contributed by atoms with Gasteiger partial charge >= 0.3 is 0 Å². The molecule has 1 aromatic carbocycles. The fourth-order valence-corrected chi connectivity index (χ4v) is 1.28. The summed E-state index contributed by atoms with van der Waals surface area (Å²) in [5.74, 6) is -0.459. The van der Waals surface area contributed by atoms with E-state index in [1.54, 1.807) is 0 Å². The third kappa shape index (κ3) is 1.29. The lowest BCUT2D eigenvalue weighted by molar-refractivity contribution is 0.588. The van der Waals surface area contributed by atoms with Gasteiger partial charge in [0.25, 0.3) is 0 Å². The van der Waals surface area contributed by atoms with Crippen LogP contribution in [0.15, 0.2) is 33.7 Å². The number of fused-ring (bicyclic) bond motifs is 1. The van der Waals surface area contributed by atoms with Crippen molar-refractivity contribution in [3.8, 4) is 0 Å². The van der Waals surface area contributed by atoms with Crippen molar-refractivity contribution in [2.45, 2.75) is 6.54 Å². The van der Waals surface area contributed by atoms with Crippen molar-refractivity contribution < 1.29 is 8.81 Å². The van der Waals surface area contributed by atoms with Crippen LogP contribution >= 0.6 is 0 Å². The summed E-state index contributed by atoms with van der Waals surface area (Å²) in [4.78, 5) is 11.6. The van der Waals surface area contributed by atoms with Gasteiger partial charge in [0.05, 0.1) is 11.6 Å². The van der Waals surface area contributed by atoms with Gasteiger partial charge in [0.15, 0.2) is 5.43 Å². The fourth-order valence-electron chi connectivity index (χ4n) is 1.28. The molecule has 4 heteroatoms. The Morgan fingerprint density at radius 2 is 2.21 bits per heavy atom. The Morgan fingerprint density at radius 3 is 2.93 bits per heavy atom. The second-order valence-electron chi connectivity index (χ2n) is 2.93. The number of nitrogens with two attached hydrogens (primary N) is 1. The van der Waals surface area contributed by atoms with Gasteiger partial charge in [-0.15, -0.1) is 0 Å². The fraction of sp³-hybridized carbons (Fsp3) is 0.100. The molecule has 3 nitrogen and oxygen atoms in total. The molecule has 2 rings (SSSR count). The summed E-state index contributed by atoms with van der Waals surface area (Å²) in [6.07, 6.45) is 1.31. The molecule has 14 heavy (non-hydrogen) atoms. The van der Waals surface area contributed by atoms with Gasteiger partial charge in [-0.1, -0.05) is 0 Å². The predicted octanol–water partition coefficient (Wildman–Crippen LogP) is 1.39. The SMILES string of the molecule is NCc1coc2ccc(F)cc2c1=O. The van der Waals surface area contributed by atoms with Gasteiger partial charge in [-0.05, 0) is 18.2 Å². The lowest BCUT2D eigenvalue weighted by atomic mass is 10.2. The van der Waals surface area contributed by atoms with E-state index in [0.717, 1.165) is 6.07 Å². The minimum absolute atomic E-state index is 0.0921. The van der Waals surface area contributed by atoms with Gasteiger partial charge in [0, 0.05) is 12.1 Å². The number of hydrogen-bond acceptors (Lipinski definition) is 3. The third-order valence-corrected chi connectivity index (χ3v) is 2.03. The minimum atomic E-state index is -0.459. The first-order chi connectivity index (χ1) is 6.72. The standard InChI is InChI=1S/C10H8FNO2/c11-7-1-2-9-8(3-7)10(13)6(4-12)5-14-9/h1-3,5H,4,12H2. The van der Waals surface area contributed by atoms with Gasteiger partial charge in [-0.2, -0.15) is 0 Å². The van der Waals surface area contributed by atoms with Crippen LogP contribution in [-0.2, 0) is 6.54 Å². The predicted molar refractivity (Wildman–Crippen MR) is 50.3 cm³/mol. The molecule has 0 radical (unpaired) electrons. The van der Waals surface area contributed by atoms with Crippen molar-refractivity contribution in [3.63, 3.8) is 0 Å². The first-order valence-electron chi connectivity index (χ1n) is 4.12. The Hall–Kier alpha value is -1.68. The molecule has 2 aromatic rings. The zero-order valence-electron chi connectivity index (χ0n) is 7.29. The summed E-state index contributed by atoms with van der Waals surface area (Å²) in [5, 5.41) is 0.230. The zero-order chi connectivity index (χ0) is 10.1. The summed E-state index contributed by atoms with van der Waals surface area (Å²) in [5.41, 5.74) is 5.78. The minimum Gasteiger partial charge on any atom is -0.464 e. The maximum absolute atomic E-state index is 12.8. The molecular formula is C10H8FNO2. The van der Waals surface area contributed by atoms with Gasteiger partial charge in [-0.3, -0.25) is 4.79 Å². The van der Waals surface area contributed by atoms with Gasteiger partial charge < -0.3 is 10.2 Å². The highest BCUT2D eigenvalue weighted by atomic mass is 19.1. The summed E-state index contributed by atoms with van der Waals surface area (Å²) >= 11 is 0. The Morgan fingerprint density at radius 1 is 1.43 bits per heavy atom. The summed E-state index contributed by atoms with van der Waals surface area (Å²) in [6.45, 7) is 0.0921. The molecule has 0 saturated heterocycles. The third-order valence-electron chi connectivity index (χ3n) is 2.03. The second-order valence-corrected chi connectivity index (χ2v) is 2.93. The average molecular weight is 193 g/mol. The van der Waals surface area contributed by atoms with Crippen molar-refractivity contribution in [2.75, 3.05) is 0 Å². The molecule has 0 saturated carbocycles. The van der Waals surface area contributed by atoms with Crippen molar-refractivity contribution in [3.05, 3.63) is 46.1 Å². The molecule has 0 fully saturated rings. The van der Waals surface area contributed by atoms with E-state index in [4.69, 9.17) is 10.2 Å². The van der Waals surface area contributed by atoms with Crippen LogP contribution in [0.25, 0.3) is 11.0 Å². The zero-order valence-corrected chi connectivity index (χ0v) is 7.29. The lowest BCUT2D eigenvalue weighted by Gasteiger charge is -1.99. The average Bonchev–Trinajstić information content (AvgIpc) is 2.20. The lowest BCUT2D eigenvalue weighted by Crippen LogP contribution is -2.12. The maximum Gasteiger partial charge on any atom is 0.197 e. The van der Waals surface area contributed by atoms with Crippen molar-refractivity contribution in [2.24, 2.45) is 5.73 Å². The highest BCUT2D eigenvalue weighted by Gasteiger charge is 2.05. The summed E-state index contributed by atoms with van der Waals surface area (Å²) < 4.78 is 18.0. The molecule has 0 unspecified atom stereocenters. The van der Waals surface area contributed by atoms with E-state index >= 15 is 0 Å². The number of benzene rings is 1. The molecule has 0 aliphatic rings. The number of halogens is 1. The monoisotopic (exact) mass is 193 g/mol. The Labute approximate surface area is 78.9 Å². The molecule has 1 aromatic heterocycles. The van der Waals surface area contributed by atoms with Crippen LogP contribution in [0.5, 0.6) is 0 Å². The van der Waals surface area contributed by atoms with Crippen molar-refractivity contribution in [1.29, 1.82) is 0 Å².